The summed E-state index contributed by atoms with van der Waals surface area (Å²) >= 11 is 7.73. The summed E-state index contributed by atoms with van der Waals surface area (Å²) in [4.78, 5) is 18.3. The largest absolute Gasteiger partial charge is 0.307 e. The van der Waals surface area contributed by atoms with E-state index in [9.17, 15) is 9.18 Å². The Balaban J connectivity index is 2.31. The number of anilines is 1. The molecule has 24 heavy (non-hydrogen) atoms. The van der Waals surface area contributed by atoms with Crippen LogP contribution in [0, 0.1) is 0 Å². The Morgan fingerprint density at radius 1 is 1.50 bits per heavy atom. The van der Waals surface area contributed by atoms with Crippen LogP contribution in [0.5, 0.6) is 0 Å². The van der Waals surface area contributed by atoms with E-state index in [1.807, 2.05) is 19.2 Å². The molecule has 5 nitrogen and oxygen atoms in total. The lowest BCUT2D eigenvalue weighted by atomic mass is 10.2. The quantitative estimate of drug-likeness (QED) is 0.664. The summed E-state index contributed by atoms with van der Waals surface area (Å²) in [6.45, 7) is 1.85. The highest BCUT2D eigenvalue weighted by atomic mass is 35.5. The number of alkyl halides is 1. The molecule has 0 aromatic carbocycles. The Morgan fingerprint density at radius 3 is 2.92 bits per heavy atom. The summed E-state index contributed by atoms with van der Waals surface area (Å²) in [5, 5.41) is 4.29. The van der Waals surface area contributed by atoms with Gasteiger partial charge in [-0.05, 0) is 38.2 Å². The molecule has 0 fully saturated rings. The van der Waals surface area contributed by atoms with Crippen LogP contribution in [0.25, 0.3) is 5.69 Å². The van der Waals surface area contributed by atoms with Crippen molar-refractivity contribution in [2.75, 3.05) is 24.4 Å². The zero-order chi connectivity index (χ0) is 17.5. The molecule has 1 amide bonds. The van der Waals surface area contributed by atoms with Gasteiger partial charge in [0.2, 0.25) is 5.91 Å². The summed E-state index contributed by atoms with van der Waals surface area (Å²) in [6.07, 6.45) is 7.89. The van der Waals surface area contributed by atoms with Crippen molar-refractivity contribution in [1.82, 2.24) is 14.8 Å². The van der Waals surface area contributed by atoms with E-state index < -0.39 is 6.67 Å². The molecule has 0 radical (unpaired) electrons. The first-order valence-corrected chi connectivity index (χ1v) is 9.30. The maximum Gasteiger partial charge on any atom is 0.239 e. The topological polar surface area (TPSA) is 51.0 Å². The lowest BCUT2D eigenvalue weighted by Gasteiger charge is -2.24. The average Bonchev–Trinajstić information content (AvgIpc) is 3.00. The van der Waals surface area contributed by atoms with Crippen molar-refractivity contribution in [3.05, 3.63) is 35.9 Å². The third-order valence-electron chi connectivity index (χ3n) is 3.59. The van der Waals surface area contributed by atoms with Gasteiger partial charge in [-0.1, -0.05) is 11.6 Å². The summed E-state index contributed by atoms with van der Waals surface area (Å²) < 4.78 is 14.0. The second-order valence-corrected chi connectivity index (χ2v) is 6.76. The molecule has 1 unspecified atom stereocenters. The predicted molar refractivity (Wildman–Crippen MR) is 96.9 cm³/mol. The number of pyridine rings is 1. The molecular formula is C16H20ClFN4OS. The molecule has 2 aromatic rings. The Labute approximate surface area is 150 Å². The van der Waals surface area contributed by atoms with Gasteiger partial charge in [-0.25, -0.2) is 4.68 Å². The van der Waals surface area contributed by atoms with Crippen LogP contribution in [0.15, 0.2) is 30.7 Å². The van der Waals surface area contributed by atoms with Crippen LogP contribution >= 0.6 is 23.4 Å². The van der Waals surface area contributed by atoms with Crippen LogP contribution in [-0.4, -0.2) is 45.4 Å². The van der Waals surface area contributed by atoms with Crippen LogP contribution in [0.4, 0.5) is 10.1 Å². The van der Waals surface area contributed by atoms with Crippen molar-refractivity contribution in [2.45, 2.75) is 25.0 Å². The Morgan fingerprint density at radius 2 is 2.29 bits per heavy atom. The van der Waals surface area contributed by atoms with Gasteiger partial charge >= 0.3 is 0 Å². The Kier molecular flexibility index (Phi) is 7.05. The minimum absolute atomic E-state index is 0.0611. The second-order valence-electron chi connectivity index (χ2n) is 5.22. The number of thioether (sulfide) groups is 1. The third-order valence-corrected chi connectivity index (χ3v) is 4.76. The molecule has 0 spiro atoms. The van der Waals surface area contributed by atoms with Crippen LogP contribution in [-0.2, 0) is 4.79 Å². The van der Waals surface area contributed by atoms with E-state index in [1.54, 1.807) is 34.2 Å². The maximum absolute atomic E-state index is 12.7. The molecule has 2 rings (SSSR count). The molecule has 2 heterocycles. The first-order valence-electron chi connectivity index (χ1n) is 7.64. The molecule has 8 heteroatoms. The van der Waals surface area contributed by atoms with Crippen LogP contribution in [0.2, 0.25) is 5.15 Å². The number of amides is 1. The van der Waals surface area contributed by atoms with E-state index in [0.29, 0.717) is 25.1 Å². The van der Waals surface area contributed by atoms with Gasteiger partial charge in [0.05, 0.1) is 30.0 Å². The molecule has 0 aliphatic rings. The van der Waals surface area contributed by atoms with E-state index in [2.05, 4.69) is 10.1 Å². The van der Waals surface area contributed by atoms with E-state index in [1.165, 1.54) is 11.8 Å². The highest BCUT2D eigenvalue weighted by Gasteiger charge is 2.25. The SMILES string of the molecule is CSC(C)C(=O)N(CCCCF)c1cn(-c2cccnc2)nc1Cl. The van der Waals surface area contributed by atoms with Gasteiger partial charge in [0.25, 0.3) is 0 Å². The van der Waals surface area contributed by atoms with Crippen molar-refractivity contribution in [2.24, 2.45) is 0 Å². The molecule has 0 saturated carbocycles. The molecule has 0 aliphatic carbocycles. The molecule has 0 aliphatic heterocycles. The lowest BCUT2D eigenvalue weighted by molar-refractivity contribution is -0.117. The molecular weight excluding hydrogens is 351 g/mol. The van der Waals surface area contributed by atoms with Crippen molar-refractivity contribution in [3.8, 4) is 5.69 Å². The van der Waals surface area contributed by atoms with Gasteiger partial charge in [0, 0.05) is 12.7 Å². The van der Waals surface area contributed by atoms with Crippen molar-refractivity contribution in [1.29, 1.82) is 0 Å². The van der Waals surface area contributed by atoms with Gasteiger partial charge in [0.15, 0.2) is 5.15 Å². The van der Waals surface area contributed by atoms with Crippen molar-refractivity contribution < 1.29 is 9.18 Å². The maximum atomic E-state index is 12.7. The lowest BCUT2D eigenvalue weighted by Crippen LogP contribution is -2.37. The van der Waals surface area contributed by atoms with Crippen LogP contribution in [0.3, 0.4) is 0 Å². The van der Waals surface area contributed by atoms with E-state index in [4.69, 9.17) is 11.6 Å². The number of aromatic nitrogens is 3. The number of carbonyl (C=O) groups excluding carboxylic acids is 1. The first-order chi connectivity index (χ1) is 11.6. The fourth-order valence-corrected chi connectivity index (χ4v) is 2.74. The van der Waals surface area contributed by atoms with E-state index in [-0.39, 0.29) is 16.3 Å². The van der Waals surface area contributed by atoms with Crippen molar-refractivity contribution >= 4 is 35.0 Å². The number of rotatable bonds is 8. The molecule has 130 valence electrons. The number of hydrogen-bond donors (Lipinski definition) is 0. The van der Waals surface area contributed by atoms with Gasteiger partial charge in [-0.3, -0.25) is 14.2 Å². The van der Waals surface area contributed by atoms with Gasteiger partial charge in [-0.15, -0.1) is 0 Å². The van der Waals surface area contributed by atoms with Crippen molar-refractivity contribution in [3.63, 3.8) is 0 Å². The Hall–Kier alpha value is -1.60. The van der Waals surface area contributed by atoms with Gasteiger partial charge < -0.3 is 4.90 Å². The smallest absolute Gasteiger partial charge is 0.239 e. The summed E-state index contributed by atoms with van der Waals surface area (Å²) in [5.74, 6) is -0.0611. The molecule has 0 bridgehead atoms. The Bertz CT molecular complexity index is 667. The predicted octanol–water partition coefficient (Wildman–Crippen LogP) is 3.75. The summed E-state index contributed by atoms with van der Waals surface area (Å²) in [7, 11) is 0. The van der Waals surface area contributed by atoms with Crippen LogP contribution in [0.1, 0.15) is 19.8 Å². The number of unbranched alkanes of at least 4 members (excludes halogenated alkanes) is 1. The van der Waals surface area contributed by atoms with Gasteiger partial charge in [-0.2, -0.15) is 16.9 Å². The van der Waals surface area contributed by atoms with Crippen LogP contribution < -0.4 is 4.90 Å². The third kappa shape index (κ3) is 4.48. The monoisotopic (exact) mass is 370 g/mol. The minimum Gasteiger partial charge on any atom is -0.307 e. The average molecular weight is 371 g/mol. The molecule has 0 N–H and O–H groups in total. The minimum atomic E-state index is -0.400. The second kappa shape index (κ2) is 9.03. The molecule has 1 atom stereocenters. The number of hydrogen-bond acceptors (Lipinski definition) is 4. The fraction of sp³-hybridized carbons (Fsp3) is 0.438. The van der Waals surface area contributed by atoms with E-state index >= 15 is 0 Å². The zero-order valence-electron chi connectivity index (χ0n) is 13.7. The molecule has 0 saturated heterocycles. The number of nitrogens with zero attached hydrogens (tertiary/aromatic N) is 4. The normalized spacial score (nSPS) is 12.2. The summed E-state index contributed by atoms with van der Waals surface area (Å²) in [5.41, 5.74) is 1.28. The zero-order valence-corrected chi connectivity index (χ0v) is 15.2. The fourth-order valence-electron chi connectivity index (χ4n) is 2.18. The number of carbonyl (C=O) groups is 1. The number of halogens is 2. The highest BCUT2D eigenvalue weighted by Crippen LogP contribution is 2.28. The highest BCUT2D eigenvalue weighted by molar-refractivity contribution is 7.99. The van der Waals surface area contributed by atoms with Gasteiger partial charge in [0.1, 0.15) is 5.69 Å². The first kappa shape index (κ1) is 18.7. The molecule has 2 aromatic heterocycles. The standard InChI is InChI=1S/C16H20ClFN4OS/c1-12(24-2)16(23)21(9-4-3-7-18)14-11-22(20-15(14)17)13-6-5-8-19-10-13/h5-6,8,10-12H,3-4,7,9H2,1-2H3. The van der Waals surface area contributed by atoms with E-state index in [0.717, 1.165) is 5.69 Å². The summed E-state index contributed by atoms with van der Waals surface area (Å²) in [6, 6.07) is 3.64.